The SMILES string of the molecule is C[C@H](OC(=O)C1=NNC(=O)CC1)C(=O)Nc1ccc(F)cc1F. The highest BCUT2D eigenvalue weighted by Gasteiger charge is 2.24. The topological polar surface area (TPSA) is 96.9 Å². The number of nitrogens with zero attached hydrogens (tertiary/aromatic N) is 1. The summed E-state index contributed by atoms with van der Waals surface area (Å²) in [6, 6.07) is 2.65. The molecule has 0 saturated carbocycles. The summed E-state index contributed by atoms with van der Waals surface area (Å²) in [6.07, 6.45) is -1.03. The molecule has 1 heterocycles. The lowest BCUT2D eigenvalue weighted by molar-refractivity contribution is -0.146. The van der Waals surface area contributed by atoms with Crippen LogP contribution in [0.15, 0.2) is 23.3 Å². The van der Waals surface area contributed by atoms with Gasteiger partial charge >= 0.3 is 5.97 Å². The fraction of sp³-hybridized carbons (Fsp3) is 0.286. The molecule has 2 N–H and O–H groups in total. The molecule has 0 radical (unpaired) electrons. The number of hydrogen-bond acceptors (Lipinski definition) is 5. The molecule has 2 amide bonds. The van der Waals surface area contributed by atoms with Crippen LogP contribution in [0.25, 0.3) is 0 Å². The molecule has 23 heavy (non-hydrogen) atoms. The van der Waals surface area contributed by atoms with Crippen LogP contribution in [0, 0.1) is 11.6 Å². The molecular weight excluding hydrogens is 312 g/mol. The molecule has 0 bridgehead atoms. The maximum atomic E-state index is 13.4. The van der Waals surface area contributed by atoms with Crippen LogP contribution in [0.5, 0.6) is 0 Å². The molecule has 0 saturated heterocycles. The summed E-state index contributed by atoms with van der Waals surface area (Å²) in [7, 11) is 0. The van der Waals surface area contributed by atoms with E-state index in [9.17, 15) is 23.2 Å². The van der Waals surface area contributed by atoms with Gasteiger partial charge in [0.2, 0.25) is 5.91 Å². The van der Waals surface area contributed by atoms with Crippen LogP contribution in [0.3, 0.4) is 0 Å². The summed E-state index contributed by atoms with van der Waals surface area (Å²) < 4.78 is 31.1. The zero-order chi connectivity index (χ0) is 17.0. The Hall–Kier alpha value is -2.84. The van der Waals surface area contributed by atoms with Gasteiger partial charge in [-0.3, -0.25) is 9.59 Å². The van der Waals surface area contributed by atoms with Crippen molar-refractivity contribution in [3.63, 3.8) is 0 Å². The summed E-state index contributed by atoms with van der Waals surface area (Å²) >= 11 is 0. The zero-order valence-corrected chi connectivity index (χ0v) is 12.1. The number of ether oxygens (including phenoxy) is 1. The maximum absolute atomic E-state index is 13.4. The van der Waals surface area contributed by atoms with Gasteiger partial charge in [0.05, 0.1) is 5.69 Å². The Labute approximate surface area is 129 Å². The molecule has 0 fully saturated rings. The number of hydrazone groups is 1. The Morgan fingerprint density at radius 2 is 2.09 bits per heavy atom. The minimum absolute atomic E-state index is 0.0165. The van der Waals surface area contributed by atoms with Crippen molar-refractivity contribution in [1.82, 2.24) is 5.43 Å². The minimum atomic E-state index is -1.23. The van der Waals surface area contributed by atoms with Gasteiger partial charge in [0.25, 0.3) is 5.91 Å². The number of rotatable bonds is 4. The van der Waals surface area contributed by atoms with Crippen molar-refractivity contribution in [2.75, 3.05) is 5.32 Å². The molecule has 1 aliphatic rings. The Kier molecular flexibility index (Phi) is 4.99. The highest BCUT2D eigenvalue weighted by atomic mass is 19.1. The molecule has 1 aliphatic heterocycles. The lowest BCUT2D eigenvalue weighted by Crippen LogP contribution is -2.35. The van der Waals surface area contributed by atoms with E-state index < -0.39 is 29.6 Å². The number of amides is 2. The normalized spacial score (nSPS) is 15.3. The third kappa shape index (κ3) is 4.31. The first-order valence-corrected chi connectivity index (χ1v) is 6.69. The minimum Gasteiger partial charge on any atom is -0.448 e. The molecule has 7 nitrogen and oxygen atoms in total. The summed E-state index contributed by atoms with van der Waals surface area (Å²) in [5.41, 5.74) is 1.88. The van der Waals surface area contributed by atoms with Crippen LogP contribution in [0.4, 0.5) is 14.5 Å². The van der Waals surface area contributed by atoms with E-state index in [1.165, 1.54) is 6.92 Å². The summed E-state index contributed by atoms with van der Waals surface area (Å²) in [5, 5.41) is 5.72. The molecule has 1 aromatic carbocycles. The Bertz CT molecular complexity index is 691. The van der Waals surface area contributed by atoms with E-state index in [2.05, 4.69) is 15.8 Å². The predicted molar refractivity (Wildman–Crippen MR) is 75.4 cm³/mol. The lowest BCUT2D eigenvalue weighted by atomic mass is 10.2. The summed E-state index contributed by atoms with van der Waals surface area (Å²) in [4.78, 5) is 34.6. The molecule has 122 valence electrons. The van der Waals surface area contributed by atoms with Gasteiger partial charge in [0.1, 0.15) is 17.3 Å². The third-order valence-corrected chi connectivity index (χ3v) is 2.98. The van der Waals surface area contributed by atoms with Crippen molar-refractivity contribution in [3.8, 4) is 0 Å². The van der Waals surface area contributed by atoms with Crippen molar-refractivity contribution >= 4 is 29.2 Å². The predicted octanol–water partition coefficient (Wildman–Crippen LogP) is 1.10. The van der Waals surface area contributed by atoms with E-state index in [1.807, 2.05) is 0 Å². The van der Waals surface area contributed by atoms with Crippen LogP contribution >= 0.6 is 0 Å². The van der Waals surface area contributed by atoms with Crippen molar-refractivity contribution < 1.29 is 27.9 Å². The zero-order valence-electron chi connectivity index (χ0n) is 12.1. The van der Waals surface area contributed by atoms with Crippen molar-refractivity contribution in [1.29, 1.82) is 0 Å². The van der Waals surface area contributed by atoms with E-state index in [1.54, 1.807) is 0 Å². The Morgan fingerprint density at radius 3 is 2.70 bits per heavy atom. The van der Waals surface area contributed by atoms with E-state index in [0.717, 1.165) is 12.1 Å². The molecule has 2 rings (SSSR count). The molecule has 9 heteroatoms. The van der Waals surface area contributed by atoms with E-state index in [-0.39, 0.29) is 30.1 Å². The second-order valence-electron chi connectivity index (χ2n) is 4.75. The average Bonchev–Trinajstić information content (AvgIpc) is 2.50. The van der Waals surface area contributed by atoms with Crippen LogP contribution in [0.2, 0.25) is 0 Å². The van der Waals surface area contributed by atoms with E-state index in [4.69, 9.17) is 4.74 Å². The van der Waals surface area contributed by atoms with Crippen LogP contribution in [0.1, 0.15) is 19.8 Å². The van der Waals surface area contributed by atoms with Crippen molar-refractivity contribution in [3.05, 3.63) is 29.8 Å². The highest BCUT2D eigenvalue weighted by molar-refractivity contribution is 6.37. The maximum Gasteiger partial charge on any atom is 0.355 e. The van der Waals surface area contributed by atoms with Crippen LogP contribution < -0.4 is 10.7 Å². The molecule has 1 atom stereocenters. The van der Waals surface area contributed by atoms with Gasteiger partial charge in [-0.25, -0.2) is 19.0 Å². The molecule has 0 unspecified atom stereocenters. The molecule has 0 aromatic heterocycles. The van der Waals surface area contributed by atoms with Gasteiger partial charge < -0.3 is 10.1 Å². The smallest absolute Gasteiger partial charge is 0.355 e. The number of hydrogen-bond donors (Lipinski definition) is 2. The van der Waals surface area contributed by atoms with Gasteiger partial charge in [0, 0.05) is 18.9 Å². The third-order valence-electron chi connectivity index (χ3n) is 2.98. The number of carbonyl (C=O) groups excluding carboxylic acids is 3. The molecular formula is C14H13F2N3O4. The fourth-order valence-electron chi connectivity index (χ4n) is 1.73. The fourth-order valence-corrected chi connectivity index (χ4v) is 1.73. The Morgan fingerprint density at radius 1 is 1.35 bits per heavy atom. The van der Waals surface area contributed by atoms with Gasteiger partial charge in [-0.05, 0) is 19.1 Å². The van der Waals surface area contributed by atoms with Crippen LogP contribution in [-0.2, 0) is 19.1 Å². The van der Waals surface area contributed by atoms with E-state index >= 15 is 0 Å². The van der Waals surface area contributed by atoms with Crippen molar-refractivity contribution in [2.45, 2.75) is 25.9 Å². The first kappa shape index (κ1) is 16.5. The second-order valence-corrected chi connectivity index (χ2v) is 4.75. The van der Waals surface area contributed by atoms with Gasteiger partial charge in [0.15, 0.2) is 6.10 Å². The number of benzene rings is 1. The molecule has 0 spiro atoms. The van der Waals surface area contributed by atoms with Gasteiger partial charge in [-0.2, -0.15) is 5.10 Å². The average molecular weight is 325 g/mol. The van der Waals surface area contributed by atoms with Crippen molar-refractivity contribution in [2.24, 2.45) is 5.10 Å². The summed E-state index contributed by atoms with van der Waals surface area (Å²) in [5.74, 6) is -3.69. The highest BCUT2D eigenvalue weighted by Crippen LogP contribution is 2.15. The Balaban J connectivity index is 1.94. The molecule has 1 aromatic rings. The van der Waals surface area contributed by atoms with Gasteiger partial charge in [-0.1, -0.05) is 0 Å². The number of esters is 1. The van der Waals surface area contributed by atoms with E-state index in [0.29, 0.717) is 6.07 Å². The quantitative estimate of drug-likeness (QED) is 0.810. The number of anilines is 1. The monoisotopic (exact) mass is 325 g/mol. The number of carbonyl (C=O) groups is 3. The second kappa shape index (κ2) is 6.95. The lowest BCUT2D eigenvalue weighted by Gasteiger charge is -2.16. The van der Waals surface area contributed by atoms with Crippen LogP contribution in [-0.4, -0.2) is 29.6 Å². The standard InChI is InChI=1S/C14H13F2N3O4/c1-7(23-14(22)11-4-5-12(20)19-18-11)13(21)17-10-3-2-8(15)6-9(10)16/h2-3,6-7H,4-5H2,1H3,(H,17,21)(H,19,20)/t7-/m0/s1. The summed E-state index contributed by atoms with van der Waals surface area (Å²) in [6.45, 7) is 1.29. The largest absolute Gasteiger partial charge is 0.448 e. The first-order valence-electron chi connectivity index (χ1n) is 6.69. The molecule has 0 aliphatic carbocycles. The number of halogens is 2. The van der Waals surface area contributed by atoms with Gasteiger partial charge in [-0.15, -0.1) is 0 Å². The first-order chi connectivity index (χ1) is 10.9. The number of nitrogens with one attached hydrogen (secondary N) is 2.